The maximum absolute atomic E-state index is 12.9. The average Bonchev–Trinajstić information content (AvgIpc) is 3.27. The molecular formula is C20H28N4O3S2. The van der Waals surface area contributed by atoms with E-state index in [1.54, 1.807) is 23.9 Å². The topological polar surface area (TPSA) is 81.2 Å². The fourth-order valence-electron chi connectivity index (χ4n) is 3.22. The Balaban J connectivity index is 1.97. The maximum atomic E-state index is 12.9. The van der Waals surface area contributed by atoms with Gasteiger partial charge in [0.15, 0.2) is 5.16 Å². The minimum atomic E-state index is -3.51. The summed E-state index contributed by atoms with van der Waals surface area (Å²) >= 11 is 1.58. The van der Waals surface area contributed by atoms with E-state index in [1.165, 1.54) is 4.31 Å². The number of imidazole rings is 1. The molecule has 0 atom stereocenters. The predicted octanol–water partition coefficient (Wildman–Crippen LogP) is 4.46. The van der Waals surface area contributed by atoms with E-state index in [2.05, 4.69) is 16.6 Å². The molecule has 0 fully saturated rings. The van der Waals surface area contributed by atoms with Crippen molar-refractivity contribution < 1.29 is 12.9 Å². The molecule has 0 saturated carbocycles. The van der Waals surface area contributed by atoms with Crippen LogP contribution in [0.5, 0.6) is 0 Å². The molecular weight excluding hydrogens is 408 g/mol. The van der Waals surface area contributed by atoms with Crippen LogP contribution < -0.4 is 0 Å². The van der Waals surface area contributed by atoms with E-state index in [0.29, 0.717) is 24.4 Å². The van der Waals surface area contributed by atoms with Crippen molar-refractivity contribution in [3.05, 3.63) is 35.7 Å². The second kappa shape index (κ2) is 9.32. The van der Waals surface area contributed by atoms with Crippen LogP contribution in [-0.2, 0) is 22.3 Å². The Labute approximate surface area is 176 Å². The number of sulfonamides is 1. The molecule has 0 spiro atoms. The van der Waals surface area contributed by atoms with Crippen LogP contribution in [0.25, 0.3) is 11.0 Å². The molecule has 0 radical (unpaired) electrons. The molecule has 0 amide bonds. The molecule has 2 heterocycles. The van der Waals surface area contributed by atoms with E-state index in [9.17, 15) is 8.42 Å². The van der Waals surface area contributed by atoms with Gasteiger partial charge in [-0.1, -0.05) is 44.1 Å². The zero-order valence-corrected chi connectivity index (χ0v) is 19.0. The molecule has 0 aliphatic heterocycles. The molecule has 0 aliphatic carbocycles. The van der Waals surface area contributed by atoms with Crippen molar-refractivity contribution in [2.45, 2.75) is 62.9 Å². The molecule has 0 N–H and O–H groups in total. The number of hydrogen-bond donors (Lipinski definition) is 0. The van der Waals surface area contributed by atoms with Gasteiger partial charge in [-0.05, 0) is 31.5 Å². The fraction of sp³-hybridized carbons (Fsp3) is 0.500. The highest BCUT2D eigenvalue weighted by molar-refractivity contribution is 7.98. The van der Waals surface area contributed by atoms with Crippen LogP contribution in [0, 0.1) is 6.92 Å². The van der Waals surface area contributed by atoms with Crippen LogP contribution in [0.1, 0.15) is 45.1 Å². The van der Waals surface area contributed by atoms with Crippen LogP contribution in [0.4, 0.5) is 0 Å². The second-order valence-corrected chi connectivity index (χ2v) is 9.74. The number of benzene rings is 1. The SMILES string of the molecule is CCCCn1c(SCc2cc(C)no2)nc2cc(S(=O)(=O)N(CC)CC)ccc21. The second-order valence-electron chi connectivity index (χ2n) is 6.86. The third-order valence-electron chi connectivity index (χ3n) is 4.78. The highest BCUT2D eigenvalue weighted by Crippen LogP contribution is 2.29. The Kier molecular flexibility index (Phi) is 7.02. The molecule has 2 aromatic heterocycles. The van der Waals surface area contributed by atoms with Gasteiger partial charge in [-0.25, -0.2) is 13.4 Å². The van der Waals surface area contributed by atoms with Gasteiger partial charge in [0.1, 0.15) is 5.76 Å². The fourth-order valence-corrected chi connectivity index (χ4v) is 5.62. The van der Waals surface area contributed by atoms with E-state index in [0.717, 1.165) is 41.5 Å². The first-order valence-electron chi connectivity index (χ1n) is 9.96. The minimum Gasteiger partial charge on any atom is -0.360 e. The normalized spacial score (nSPS) is 12.3. The van der Waals surface area contributed by atoms with E-state index in [-0.39, 0.29) is 4.90 Å². The number of nitrogens with zero attached hydrogens (tertiary/aromatic N) is 4. The first-order chi connectivity index (χ1) is 13.9. The standard InChI is InChI=1S/C20H28N4O3S2/c1-5-8-11-24-19-10-9-17(29(25,26)23(6-2)7-3)13-18(19)21-20(24)28-14-16-12-15(4)22-27-16/h9-10,12-13H,5-8,11,14H2,1-4H3. The molecule has 3 aromatic rings. The van der Waals surface area contributed by atoms with Gasteiger partial charge in [-0.15, -0.1) is 0 Å². The summed E-state index contributed by atoms with van der Waals surface area (Å²) in [6, 6.07) is 7.17. The lowest BCUT2D eigenvalue weighted by atomic mass is 10.3. The van der Waals surface area contributed by atoms with Crippen LogP contribution in [0.3, 0.4) is 0 Å². The summed E-state index contributed by atoms with van der Waals surface area (Å²) in [5.41, 5.74) is 2.50. The maximum Gasteiger partial charge on any atom is 0.243 e. The lowest BCUT2D eigenvalue weighted by molar-refractivity contribution is 0.391. The molecule has 0 bridgehead atoms. The highest BCUT2D eigenvalue weighted by atomic mass is 32.2. The van der Waals surface area contributed by atoms with Crippen molar-refractivity contribution in [1.82, 2.24) is 19.0 Å². The largest absolute Gasteiger partial charge is 0.360 e. The van der Waals surface area contributed by atoms with E-state index in [4.69, 9.17) is 9.51 Å². The Hall–Kier alpha value is -1.84. The van der Waals surface area contributed by atoms with Crippen molar-refractivity contribution in [1.29, 1.82) is 0 Å². The van der Waals surface area contributed by atoms with Crippen LogP contribution in [0.15, 0.2) is 38.8 Å². The molecule has 29 heavy (non-hydrogen) atoms. The Morgan fingerprint density at radius 2 is 1.93 bits per heavy atom. The Bertz CT molecular complexity index is 1070. The van der Waals surface area contributed by atoms with Gasteiger partial charge in [-0.2, -0.15) is 4.31 Å². The van der Waals surface area contributed by atoms with Crippen LogP contribution in [-0.4, -0.2) is 40.5 Å². The van der Waals surface area contributed by atoms with E-state index >= 15 is 0 Å². The summed E-state index contributed by atoms with van der Waals surface area (Å²) < 4.78 is 34.7. The molecule has 0 unspecified atom stereocenters. The molecule has 3 rings (SSSR count). The van der Waals surface area contributed by atoms with Gasteiger partial charge in [-0.3, -0.25) is 0 Å². The number of rotatable bonds is 10. The number of aryl methyl sites for hydroxylation is 2. The molecule has 0 aliphatic rings. The summed E-state index contributed by atoms with van der Waals surface area (Å²) in [6.07, 6.45) is 2.10. The summed E-state index contributed by atoms with van der Waals surface area (Å²) in [4.78, 5) is 5.04. The highest BCUT2D eigenvalue weighted by Gasteiger charge is 2.23. The van der Waals surface area contributed by atoms with E-state index in [1.807, 2.05) is 32.9 Å². The number of aromatic nitrogens is 3. The molecule has 1 aromatic carbocycles. The van der Waals surface area contributed by atoms with Crippen molar-refractivity contribution >= 4 is 32.8 Å². The van der Waals surface area contributed by atoms with Crippen molar-refractivity contribution in [3.8, 4) is 0 Å². The average molecular weight is 437 g/mol. The zero-order valence-electron chi connectivity index (χ0n) is 17.4. The third kappa shape index (κ3) is 4.67. The lowest BCUT2D eigenvalue weighted by Gasteiger charge is -2.18. The first kappa shape index (κ1) is 21.9. The Morgan fingerprint density at radius 1 is 1.17 bits per heavy atom. The summed E-state index contributed by atoms with van der Waals surface area (Å²) in [5.74, 6) is 1.42. The predicted molar refractivity (Wildman–Crippen MR) is 116 cm³/mol. The van der Waals surface area contributed by atoms with Gasteiger partial charge in [0, 0.05) is 25.7 Å². The van der Waals surface area contributed by atoms with Crippen molar-refractivity contribution in [2.75, 3.05) is 13.1 Å². The molecule has 7 nitrogen and oxygen atoms in total. The third-order valence-corrected chi connectivity index (χ3v) is 7.83. The van der Waals surface area contributed by atoms with Crippen LogP contribution in [0.2, 0.25) is 0 Å². The number of unbranched alkanes of at least 4 members (excludes halogenated alkanes) is 1. The number of thioether (sulfide) groups is 1. The zero-order chi connectivity index (χ0) is 21.0. The van der Waals surface area contributed by atoms with Gasteiger partial charge in [0.05, 0.1) is 27.4 Å². The minimum absolute atomic E-state index is 0.288. The summed E-state index contributed by atoms with van der Waals surface area (Å²) in [6.45, 7) is 9.47. The van der Waals surface area contributed by atoms with Gasteiger partial charge in [0.2, 0.25) is 10.0 Å². The molecule has 158 valence electrons. The number of fused-ring (bicyclic) bond motifs is 1. The Morgan fingerprint density at radius 3 is 2.55 bits per heavy atom. The first-order valence-corrected chi connectivity index (χ1v) is 12.4. The van der Waals surface area contributed by atoms with Crippen molar-refractivity contribution in [2.24, 2.45) is 0 Å². The smallest absolute Gasteiger partial charge is 0.243 e. The summed E-state index contributed by atoms with van der Waals surface area (Å²) in [7, 11) is -3.51. The number of hydrogen-bond acceptors (Lipinski definition) is 6. The molecule has 0 saturated heterocycles. The lowest BCUT2D eigenvalue weighted by Crippen LogP contribution is -2.30. The quantitative estimate of drug-likeness (QED) is 0.437. The van der Waals surface area contributed by atoms with E-state index < -0.39 is 10.0 Å². The molecule has 9 heteroatoms. The monoisotopic (exact) mass is 436 g/mol. The summed E-state index contributed by atoms with van der Waals surface area (Å²) in [5, 5.41) is 4.79. The van der Waals surface area contributed by atoms with Crippen LogP contribution >= 0.6 is 11.8 Å². The van der Waals surface area contributed by atoms with Gasteiger partial charge >= 0.3 is 0 Å². The van der Waals surface area contributed by atoms with Gasteiger partial charge in [0.25, 0.3) is 0 Å². The van der Waals surface area contributed by atoms with Gasteiger partial charge < -0.3 is 9.09 Å². The van der Waals surface area contributed by atoms with Crippen molar-refractivity contribution in [3.63, 3.8) is 0 Å².